The van der Waals surface area contributed by atoms with E-state index in [1.807, 2.05) is 31.2 Å². The maximum absolute atomic E-state index is 9.66. The average Bonchev–Trinajstić information content (AvgIpc) is 2.36. The molecule has 0 aliphatic rings. The molecule has 1 aromatic rings. The van der Waals surface area contributed by atoms with E-state index in [2.05, 4.69) is 15.9 Å². The molecule has 0 saturated carbocycles. The maximum Gasteiger partial charge on any atom is 0.0553 e. The Morgan fingerprint density at radius 2 is 1.88 bits per heavy atom. The van der Waals surface area contributed by atoms with Crippen molar-refractivity contribution < 1.29 is 14.9 Å². The monoisotopic (exact) mass is 302 g/mol. The van der Waals surface area contributed by atoms with Gasteiger partial charge in [0, 0.05) is 17.0 Å². The zero-order valence-corrected chi connectivity index (χ0v) is 11.8. The van der Waals surface area contributed by atoms with Gasteiger partial charge in [0.1, 0.15) is 0 Å². The van der Waals surface area contributed by atoms with E-state index in [1.165, 1.54) is 0 Å². The summed E-state index contributed by atoms with van der Waals surface area (Å²) in [6, 6.07) is 7.64. The lowest BCUT2D eigenvalue weighted by molar-refractivity contribution is 0.0402. The quantitative estimate of drug-likeness (QED) is 0.846. The van der Waals surface area contributed by atoms with Gasteiger partial charge in [-0.05, 0) is 25.0 Å². The highest BCUT2D eigenvalue weighted by Crippen LogP contribution is 2.34. The lowest BCUT2D eigenvalue weighted by atomic mass is 9.77. The molecule has 0 saturated heterocycles. The fourth-order valence-corrected chi connectivity index (χ4v) is 2.69. The summed E-state index contributed by atoms with van der Waals surface area (Å²) in [5.74, 6) is 0. The zero-order chi connectivity index (χ0) is 12.9. The summed E-state index contributed by atoms with van der Waals surface area (Å²) in [5, 5.41) is 19.3. The van der Waals surface area contributed by atoms with Gasteiger partial charge in [-0.2, -0.15) is 0 Å². The molecule has 0 aromatic heterocycles. The van der Waals surface area contributed by atoms with Crippen molar-refractivity contribution in [2.24, 2.45) is 0 Å². The number of hydrogen-bond donors (Lipinski definition) is 2. The largest absolute Gasteiger partial charge is 0.395 e. The van der Waals surface area contributed by atoms with E-state index in [1.54, 1.807) is 7.11 Å². The molecule has 1 atom stereocenters. The van der Waals surface area contributed by atoms with Crippen molar-refractivity contribution in [2.75, 3.05) is 20.3 Å². The van der Waals surface area contributed by atoms with Gasteiger partial charge in [-0.25, -0.2) is 0 Å². The van der Waals surface area contributed by atoms with Crippen LogP contribution < -0.4 is 0 Å². The van der Waals surface area contributed by atoms with Gasteiger partial charge in [0.05, 0.1) is 19.3 Å². The number of hydrogen-bond acceptors (Lipinski definition) is 3. The molecule has 17 heavy (non-hydrogen) atoms. The second-order valence-corrected chi connectivity index (χ2v) is 5.18. The molecule has 0 bridgehead atoms. The third-order valence-electron chi connectivity index (χ3n) is 3.13. The molecule has 0 radical (unpaired) electrons. The first-order chi connectivity index (χ1) is 8.09. The van der Waals surface area contributed by atoms with E-state index in [9.17, 15) is 10.2 Å². The highest BCUT2D eigenvalue weighted by molar-refractivity contribution is 9.10. The van der Waals surface area contributed by atoms with Crippen LogP contribution >= 0.6 is 15.9 Å². The first-order valence-corrected chi connectivity index (χ1v) is 6.38. The van der Waals surface area contributed by atoms with Crippen LogP contribution in [0.3, 0.4) is 0 Å². The van der Waals surface area contributed by atoms with Crippen LogP contribution in [0.15, 0.2) is 28.7 Å². The molecular formula is C13H19BrO3. The van der Waals surface area contributed by atoms with Gasteiger partial charge in [-0.1, -0.05) is 34.1 Å². The second kappa shape index (κ2) is 6.50. The number of methoxy groups -OCH3 is 1. The van der Waals surface area contributed by atoms with Crippen molar-refractivity contribution in [3.63, 3.8) is 0 Å². The highest BCUT2D eigenvalue weighted by atomic mass is 79.9. The third kappa shape index (κ3) is 3.28. The van der Waals surface area contributed by atoms with Crippen molar-refractivity contribution in [1.82, 2.24) is 0 Å². The maximum atomic E-state index is 9.66. The first kappa shape index (κ1) is 14.6. The number of ether oxygens (including phenoxy) is 1. The van der Waals surface area contributed by atoms with Crippen LogP contribution in [0.4, 0.5) is 0 Å². The summed E-state index contributed by atoms with van der Waals surface area (Å²) >= 11 is 3.46. The molecule has 0 aliphatic heterocycles. The van der Waals surface area contributed by atoms with Crippen LogP contribution in [-0.2, 0) is 10.2 Å². The smallest absolute Gasteiger partial charge is 0.0553 e. The highest BCUT2D eigenvalue weighted by Gasteiger charge is 2.34. The summed E-state index contributed by atoms with van der Waals surface area (Å²) in [7, 11) is 1.63. The van der Waals surface area contributed by atoms with Gasteiger partial charge in [-0.15, -0.1) is 0 Å². The molecule has 1 aromatic carbocycles. The van der Waals surface area contributed by atoms with Gasteiger partial charge < -0.3 is 14.9 Å². The van der Waals surface area contributed by atoms with E-state index in [-0.39, 0.29) is 19.3 Å². The van der Waals surface area contributed by atoms with E-state index < -0.39 is 5.41 Å². The molecule has 2 N–H and O–H groups in total. The molecule has 1 rings (SSSR count). The van der Waals surface area contributed by atoms with E-state index in [0.717, 1.165) is 10.0 Å². The van der Waals surface area contributed by atoms with Gasteiger partial charge >= 0.3 is 0 Å². The van der Waals surface area contributed by atoms with Crippen LogP contribution in [-0.4, -0.2) is 36.6 Å². The molecule has 3 nitrogen and oxygen atoms in total. The molecule has 0 spiro atoms. The Kier molecular flexibility index (Phi) is 5.59. The fourth-order valence-electron chi connectivity index (χ4n) is 1.98. The summed E-state index contributed by atoms with van der Waals surface area (Å²) in [6.45, 7) is 1.70. The number of rotatable bonds is 6. The summed E-state index contributed by atoms with van der Waals surface area (Å²) < 4.78 is 6.13. The minimum atomic E-state index is -0.671. The van der Waals surface area contributed by atoms with Crippen molar-refractivity contribution in [1.29, 1.82) is 0 Å². The van der Waals surface area contributed by atoms with Gasteiger partial charge in [0.2, 0.25) is 0 Å². The van der Waals surface area contributed by atoms with E-state index in [0.29, 0.717) is 6.42 Å². The number of benzene rings is 1. The molecule has 0 heterocycles. The molecule has 0 aliphatic carbocycles. The summed E-state index contributed by atoms with van der Waals surface area (Å²) in [4.78, 5) is 0. The Labute approximate surface area is 111 Å². The predicted molar refractivity (Wildman–Crippen MR) is 71.1 cm³/mol. The van der Waals surface area contributed by atoms with Crippen LogP contribution in [0.1, 0.15) is 18.9 Å². The summed E-state index contributed by atoms with van der Waals surface area (Å²) in [6.07, 6.45) is 0.542. The van der Waals surface area contributed by atoms with Crippen molar-refractivity contribution in [2.45, 2.75) is 24.9 Å². The number of halogens is 1. The van der Waals surface area contributed by atoms with Gasteiger partial charge in [0.25, 0.3) is 0 Å². The zero-order valence-electron chi connectivity index (χ0n) is 10.2. The third-order valence-corrected chi connectivity index (χ3v) is 3.82. The minimum Gasteiger partial charge on any atom is -0.395 e. The topological polar surface area (TPSA) is 49.7 Å². The number of aliphatic hydroxyl groups excluding tert-OH is 2. The van der Waals surface area contributed by atoms with Gasteiger partial charge in [-0.3, -0.25) is 0 Å². The van der Waals surface area contributed by atoms with E-state index >= 15 is 0 Å². The SMILES string of the molecule is COC(C)CC(CO)(CO)c1ccccc1Br. The van der Waals surface area contributed by atoms with Crippen LogP contribution in [0.2, 0.25) is 0 Å². The molecule has 0 amide bonds. The standard InChI is InChI=1S/C13H19BrO3/c1-10(17-2)7-13(8-15,9-16)11-5-3-4-6-12(11)14/h3-6,10,15-16H,7-9H2,1-2H3. The molecule has 96 valence electrons. The van der Waals surface area contributed by atoms with E-state index in [4.69, 9.17) is 4.74 Å². The van der Waals surface area contributed by atoms with Crippen molar-refractivity contribution in [3.05, 3.63) is 34.3 Å². The Bertz CT molecular complexity index is 350. The molecule has 0 fully saturated rings. The van der Waals surface area contributed by atoms with Gasteiger partial charge in [0.15, 0.2) is 0 Å². The second-order valence-electron chi connectivity index (χ2n) is 4.33. The Morgan fingerprint density at radius 1 is 1.29 bits per heavy atom. The average molecular weight is 303 g/mol. The van der Waals surface area contributed by atoms with Crippen molar-refractivity contribution in [3.8, 4) is 0 Å². The van der Waals surface area contributed by atoms with Crippen molar-refractivity contribution >= 4 is 15.9 Å². The predicted octanol–water partition coefficient (Wildman–Crippen LogP) is 2.10. The van der Waals surface area contributed by atoms with Crippen LogP contribution in [0.5, 0.6) is 0 Å². The number of aliphatic hydroxyl groups is 2. The van der Waals surface area contributed by atoms with Crippen LogP contribution in [0, 0.1) is 0 Å². The Hall–Kier alpha value is -0.420. The Balaban J connectivity index is 3.11. The fraction of sp³-hybridized carbons (Fsp3) is 0.538. The Morgan fingerprint density at radius 3 is 2.35 bits per heavy atom. The molecule has 4 heteroatoms. The molecule has 1 unspecified atom stereocenters. The molecular weight excluding hydrogens is 284 g/mol. The minimum absolute atomic E-state index is 0.0265. The first-order valence-electron chi connectivity index (χ1n) is 5.59. The lowest BCUT2D eigenvalue weighted by Gasteiger charge is -2.33. The normalized spacial score (nSPS) is 13.7. The lowest BCUT2D eigenvalue weighted by Crippen LogP contribution is -2.38. The van der Waals surface area contributed by atoms with Crippen LogP contribution in [0.25, 0.3) is 0 Å². The summed E-state index contributed by atoms with van der Waals surface area (Å²) in [5.41, 5.74) is 0.240.